The lowest BCUT2D eigenvalue weighted by Crippen LogP contribution is -2.42. The zero-order chi connectivity index (χ0) is 13.2. The second-order valence-corrected chi connectivity index (χ2v) is 6.32. The van der Waals surface area contributed by atoms with Crippen LogP contribution in [0.25, 0.3) is 0 Å². The summed E-state index contributed by atoms with van der Waals surface area (Å²) >= 11 is 7.45. The number of hydrogen-bond donors (Lipinski definition) is 1. The van der Waals surface area contributed by atoms with Crippen LogP contribution >= 0.6 is 23.4 Å². The van der Waals surface area contributed by atoms with E-state index in [0.29, 0.717) is 18.5 Å². The van der Waals surface area contributed by atoms with E-state index < -0.39 is 5.69 Å². The zero-order valence-electron chi connectivity index (χ0n) is 10.5. The van der Waals surface area contributed by atoms with Crippen LogP contribution in [0.5, 0.6) is 0 Å². The van der Waals surface area contributed by atoms with E-state index in [4.69, 9.17) is 11.6 Å². The number of nitrogens with one attached hydrogen (secondary N) is 1. The van der Waals surface area contributed by atoms with E-state index in [1.54, 1.807) is 11.8 Å². The minimum Gasteiger partial charge on any atom is -0.297 e. The van der Waals surface area contributed by atoms with Gasteiger partial charge in [0, 0.05) is 11.3 Å². The lowest BCUT2D eigenvalue weighted by atomic mass is 10.2. The van der Waals surface area contributed by atoms with Gasteiger partial charge in [-0.1, -0.05) is 18.5 Å². The Morgan fingerprint density at radius 3 is 2.47 bits per heavy atom. The van der Waals surface area contributed by atoms with E-state index >= 15 is 0 Å². The van der Waals surface area contributed by atoms with Crippen molar-refractivity contribution in [1.82, 2.24) is 9.55 Å². The number of rotatable bonds is 4. The Labute approximate surface area is 109 Å². The molecule has 96 valence electrons. The molecule has 0 aliphatic carbocycles. The topological polar surface area (TPSA) is 54.9 Å². The molecule has 0 aliphatic rings. The van der Waals surface area contributed by atoms with Crippen molar-refractivity contribution in [3.05, 3.63) is 31.6 Å². The highest BCUT2D eigenvalue weighted by atomic mass is 35.5. The first kappa shape index (κ1) is 14.4. The molecule has 0 saturated carbocycles. The predicted octanol–water partition coefficient (Wildman–Crippen LogP) is 1.89. The van der Waals surface area contributed by atoms with Crippen LogP contribution in [0.15, 0.2) is 9.59 Å². The molecule has 1 N–H and O–H groups in total. The van der Waals surface area contributed by atoms with Crippen molar-refractivity contribution < 1.29 is 0 Å². The second kappa shape index (κ2) is 5.31. The lowest BCUT2D eigenvalue weighted by Gasteiger charge is -2.22. The molecule has 0 unspecified atom stereocenters. The van der Waals surface area contributed by atoms with Crippen LogP contribution in [0.2, 0.25) is 5.15 Å². The van der Waals surface area contributed by atoms with Crippen LogP contribution in [0.4, 0.5) is 0 Å². The molecule has 6 heteroatoms. The Morgan fingerprint density at radius 1 is 1.41 bits per heavy atom. The third-order valence-electron chi connectivity index (χ3n) is 2.68. The molecule has 0 spiro atoms. The maximum absolute atomic E-state index is 12.1. The molecule has 1 aromatic heterocycles. The van der Waals surface area contributed by atoms with Gasteiger partial charge in [-0.05, 0) is 26.5 Å². The van der Waals surface area contributed by atoms with Crippen LogP contribution in [-0.2, 0) is 13.0 Å². The summed E-state index contributed by atoms with van der Waals surface area (Å²) in [6.07, 6.45) is 2.46. The minimum absolute atomic E-state index is 0.153. The highest BCUT2D eigenvalue weighted by Gasteiger charge is 2.20. The molecule has 0 aromatic carbocycles. The van der Waals surface area contributed by atoms with Crippen LogP contribution < -0.4 is 11.2 Å². The van der Waals surface area contributed by atoms with Gasteiger partial charge in [-0.2, -0.15) is 11.8 Å². The first-order valence-electron chi connectivity index (χ1n) is 5.39. The van der Waals surface area contributed by atoms with Gasteiger partial charge in [0.2, 0.25) is 0 Å². The van der Waals surface area contributed by atoms with Gasteiger partial charge >= 0.3 is 5.69 Å². The fraction of sp³-hybridized carbons (Fsp3) is 0.636. The quantitative estimate of drug-likeness (QED) is 0.855. The summed E-state index contributed by atoms with van der Waals surface area (Å²) in [5.74, 6) is 0. The summed E-state index contributed by atoms with van der Waals surface area (Å²) in [7, 11) is 0. The summed E-state index contributed by atoms with van der Waals surface area (Å²) < 4.78 is 1.05. The van der Waals surface area contributed by atoms with E-state index in [0.717, 1.165) is 0 Å². The van der Waals surface area contributed by atoms with Crippen molar-refractivity contribution >= 4 is 23.4 Å². The van der Waals surface area contributed by atoms with E-state index in [1.165, 1.54) is 4.57 Å². The Hall–Kier alpha value is -0.680. The molecule has 0 fully saturated rings. The van der Waals surface area contributed by atoms with E-state index in [2.05, 4.69) is 4.98 Å². The van der Waals surface area contributed by atoms with E-state index in [-0.39, 0.29) is 15.5 Å². The maximum Gasteiger partial charge on any atom is 0.329 e. The maximum atomic E-state index is 12.1. The van der Waals surface area contributed by atoms with Crippen LogP contribution in [0, 0.1) is 0 Å². The Kier molecular flexibility index (Phi) is 4.49. The molecular formula is C11H17ClN2O2S. The van der Waals surface area contributed by atoms with Gasteiger partial charge in [0.05, 0.1) is 5.56 Å². The van der Waals surface area contributed by atoms with E-state index in [1.807, 2.05) is 27.0 Å². The molecule has 0 bridgehead atoms. The standard InChI is InChI=1S/C11H17ClN2O2S/c1-5-7-8(12)13-10(16)14(9(7)15)6-11(2,3)17-4/h5-6H2,1-4H3,(H,13,16). The Morgan fingerprint density at radius 2 is 2.00 bits per heavy atom. The lowest BCUT2D eigenvalue weighted by molar-refractivity contribution is 0.527. The van der Waals surface area contributed by atoms with Crippen molar-refractivity contribution in [2.75, 3.05) is 6.26 Å². The SMILES string of the molecule is CCc1c(Cl)[nH]c(=O)n(CC(C)(C)SC)c1=O. The monoisotopic (exact) mass is 276 g/mol. The largest absolute Gasteiger partial charge is 0.329 e. The smallest absolute Gasteiger partial charge is 0.297 e. The molecule has 0 radical (unpaired) electrons. The number of aromatic amines is 1. The molecular weight excluding hydrogens is 260 g/mol. The Bertz CT molecular complexity index is 519. The van der Waals surface area contributed by atoms with Gasteiger partial charge in [-0.3, -0.25) is 14.3 Å². The molecule has 1 heterocycles. The minimum atomic E-state index is -0.445. The van der Waals surface area contributed by atoms with Crippen LogP contribution in [0.1, 0.15) is 26.3 Å². The number of nitrogens with zero attached hydrogens (tertiary/aromatic N) is 1. The van der Waals surface area contributed by atoms with Crippen LogP contribution in [0.3, 0.4) is 0 Å². The second-order valence-electron chi connectivity index (χ2n) is 4.43. The fourth-order valence-electron chi connectivity index (χ4n) is 1.48. The van der Waals surface area contributed by atoms with Crippen molar-refractivity contribution in [3.8, 4) is 0 Å². The first-order chi connectivity index (χ1) is 7.82. The normalized spacial score (nSPS) is 11.8. The summed E-state index contributed by atoms with van der Waals surface area (Å²) in [4.78, 5) is 26.3. The summed E-state index contributed by atoms with van der Waals surface area (Å²) in [6.45, 7) is 6.19. The summed E-state index contributed by atoms with van der Waals surface area (Å²) in [6, 6.07) is 0. The first-order valence-corrected chi connectivity index (χ1v) is 6.99. The fourth-order valence-corrected chi connectivity index (χ4v) is 2.03. The van der Waals surface area contributed by atoms with Crippen molar-refractivity contribution in [2.45, 2.75) is 38.5 Å². The molecule has 0 saturated heterocycles. The molecule has 0 amide bonds. The van der Waals surface area contributed by atoms with Crippen LogP contribution in [-0.4, -0.2) is 20.6 Å². The number of halogens is 1. The number of aromatic nitrogens is 2. The molecule has 0 atom stereocenters. The highest BCUT2D eigenvalue weighted by molar-refractivity contribution is 7.99. The van der Waals surface area contributed by atoms with Gasteiger partial charge < -0.3 is 0 Å². The number of hydrogen-bond acceptors (Lipinski definition) is 3. The van der Waals surface area contributed by atoms with Gasteiger partial charge in [0.25, 0.3) is 5.56 Å². The third-order valence-corrected chi connectivity index (χ3v) is 4.23. The zero-order valence-corrected chi connectivity index (χ0v) is 12.0. The molecule has 17 heavy (non-hydrogen) atoms. The average molecular weight is 277 g/mol. The van der Waals surface area contributed by atoms with Gasteiger partial charge in [0.15, 0.2) is 0 Å². The molecule has 1 rings (SSSR count). The van der Waals surface area contributed by atoms with Crippen molar-refractivity contribution in [3.63, 3.8) is 0 Å². The highest BCUT2D eigenvalue weighted by Crippen LogP contribution is 2.22. The van der Waals surface area contributed by atoms with Gasteiger partial charge in [0.1, 0.15) is 5.15 Å². The molecule has 4 nitrogen and oxygen atoms in total. The third kappa shape index (κ3) is 3.16. The van der Waals surface area contributed by atoms with Crippen molar-refractivity contribution in [1.29, 1.82) is 0 Å². The average Bonchev–Trinajstić information content (AvgIpc) is 2.25. The van der Waals surface area contributed by atoms with Gasteiger partial charge in [-0.25, -0.2) is 4.79 Å². The predicted molar refractivity (Wildman–Crippen MR) is 73.3 cm³/mol. The number of H-pyrrole nitrogens is 1. The van der Waals surface area contributed by atoms with Crippen molar-refractivity contribution in [2.24, 2.45) is 0 Å². The molecule has 0 aliphatic heterocycles. The van der Waals surface area contributed by atoms with Gasteiger partial charge in [-0.15, -0.1) is 0 Å². The summed E-state index contributed by atoms with van der Waals surface area (Å²) in [5.41, 5.74) is -0.272. The van der Waals surface area contributed by atoms with E-state index in [9.17, 15) is 9.59 Å². The molecule has 1 aromatic rings. The number of thioether (sulfide) groups is 1. The summed E-state index contributed by atoms with van der Waals surface area (Å²) in [5, 5.41) is 0.153. The Balaban J connectivity index is 3.36.